The van der Waals surface area contributed by atoms with Crippen molar-refractivity contribution in [2.45, 2.75) is 25.4 Å². The van der Waals surface area contributed by atoms with Crippen LogP contribution in [0.2, 0.25) is 0 Å². The normalized spacial score (nSPS) is 16.5. The highest BCUT2D eigenvalue weighted by Crippen LogP contribution is 2.12. The summed E-state index contributed by atoms with van der Waals surface area (Å²) in [6.45, 7) is 3.50. The monoisotopic (exact) mass is 315 g/mol. The summed E-state index contributed by atoms with van der Waals surface area (Å²) in [5.74, 6) is 0. The van der Waals surface area contributed by atoms with Crippen molar-refractivity contribution in [2.75, 3.05) is 19.6 Å². The number of carbonyl (C=O) groups is 1. The number of benzene rings is 1. The summed E-state index contributed by atoms with van der Waals surface area (Å²) in [5, 5.41) is 12.1. The zero-order valence-corrected chi connectivity index (χ0v) is 12.9. The number of carboxylic acid groups (broad SMARTS) is 1. The smallest absolute Gasteiger partial charge is 0.404 e. The number of fused-ring (bicyclic) bond motifs is 1. The summed E-state index contributed by atoms with van der Waals surface area (Å²) in [6.07, 6.45) is 2.60. The first kappa shape index (κ1) is 15.6. The van der Waals surface area contributed by atoms with Crippen LogP contribution in [0.5, 0.6) is 0 Å². The van der Waals surface area contributed by atoms with Crippen LogP contribution >= 0.6 is 0 Å². The molecule has 0 saturated carbocycles. The molecule has 2 aromatic rings. The highest BCUT2D eigenvalue weighted by Gasteiger charge is 2.20. The number of nitrogens with zero attached hydrogens (tertiary/aromatic N) is 2. The lowest BCUT2D eigenvalue weighted by atomic mass is 10.1. The molecular formula is C17H21N3O3. The second-order valence-corrected chi connectivity index (χ2v) is 5.96. The van der Waals surface area contributed by atoms with Crippen molar-refractivity contribution in [2.24, 2.45) is 0 Å². The Morgan fingerprint density at radius 1 is 1.17 bits per heavy atom. The number of nitrogens with one attached hydrogen (secondary N) is 1. The van der Waals surface area contributed by atoms with E-state index in [2.05, 4.69) is 14.8 Å². The lowest BCUT2D eigenvalue weighted by Crippen LogP contribution is -2.44. The van der Waals surface area contributed by atoms with E-state index in [0.29, 0.717) is 0 Å². The third kappa shape index (κ3) is 3.71. The summed E-state index contributed by atoms with van der Waals surface area (Å²) in [5.41, 5.74) is 1.01. The van der Waals surface area contributed by atoms with Crippen LogP contribution in [-0.2, 0) is 6.54 Å². The minimum Gasteiger partial charge on any atom is -0.465 e. The van der Waals surface area contributed by atoms with E-state index in [1.807, 2.05) is 30.5 Å². The molecule has 1 aromatic heterocycles. The molecule has 1 saturated heterocycles. The van der Waals surface area contributed by atoms with E-state index < -0.39 is 6.09 Å². The van der Waals surface area contributed by atoms with Crippen molar-refractivity contribution < 1.29 is 9.90 Å². The van der Waals surface area contributed by atoms with E-state index in [1.165, 1.54) is 0 Å². The molecule has 0 aliphatic carbocycles. The third-order valence-electron chi connectivity index (χ3n) is 4.46. The van der Waals surface area contributed by atoms with Gasteiger partial charge in [-0.15, -0.1) is 0 Å². The first-order chi connectivity index (χ1) is 11.1. The molecule has 2 heterocycles. The van der Waals surface area contributed by atoms with E-state index in [0.717, 1.165) is 49.9 Å². The molecule has 1 aliphatic rings. The molecule has 0 radical (unpaired) electrons. The summed E-state index contributed by atoms with van der Waals surface area (Å²) < 4.78 is 2.11. The Bertz CT molecular complexity index is 748. The van der Waals surface area contributed by atoms with Crippen LogP contribution in [0.1, 0.15) is 12.8 Å². The van der Waals surface area contributed by atoms with Crippen molar-refractivity contribution in [1.82, 2.24) is 14.8 Å². The SMILES string of the molecule is O=C(O)NC1CCN(CCn2ccc(=O)c3ccccc32)CC1. The fraction of sp³-hybridized carbons (Fsp3) is 0.412. The summed E-state index contributed by atoms with van der Waals surface area (Å²) in [4.78, 5) is 24.9. The van der Waals surface area contributed by atoms with Crippen molar-refractivity contribution in [3.05, 3.63) is 46.8 Å². The van der Waals surface area contributed by atoms with Gasteiger partial charge in [0, 0.05) is 49.9 Å². The standard InChI is InChI=1S/C17H21N3O3/c21-16-7-10-20(15-4-2-1-3-14(15)16)12-11-19-8-5-13(6-9-19)18-17(22)23/h1-4,7,10,13,18H,5-6,8-9,11-12H2,(H,22,23). The highest BCUT2D eigenvalue weighted by molar-refractivity contribution is 5.78. The third-order valence-corrected chi connectivity index (χ3v) is 4.46. The molecule has 1 aliphatic heterocycles. The number of rotatable bonds is 4. The molecule has 2 N–H and O–H groups in total. The van der Waals surface area contributed by atoms with Gasteiger partial charge in [-0.2, -0.15) is 0 Å². The minimum absolute atomic E-state index is 0.0532. The maximum Gasteiger partial charge on any atom is 0.404 e. The number of hydrogen-bond acceptors (Lipinski definition) is 3. The number of para-hydroxylation sites is 1. The molecule has 6 nitrogen and oxygen atoms in total. The van der Waals surface area contributed by atoms with E-state index >= 15 is 0 Å². The Morgan fingerprint density at radius 3 is 2.65 bits per heavy atom. The van der Waals surface area contributed by atoms with Gasteiger partial charge < -0.3 is 19.9 Å². The van der Waals surface area contributed by atoms with Gasteiger partial charge in [-0.25, -0.2) is 4.79 Å². The van der Waals surface area contributed by atoms with Gasteiger partial charge in [0.2, 0.25) is 0 Å². The molecule has 1 fully saturated rings. The number of piperidine rings is 1. The first-order valence-corrected chi connectivity index (χ1v) is 7.93. The number of amides is 1. The lowest BCUT2D eigenvalue weighted by molar-refractivity contribution is 0.166. The number of aromatic nitrogens is 1. The molecule has 0 spiro atoms. The Labute approximate surface area is 134 Å². The average Bonchev–Trinajstić information content (AvgIpc) is 2.55. The Hall–Kier alpha value is -2.34. The molecule has 23 heavy (non-hydrogen) atoms. The maximum absolute atomic E-state index is 11.9. The van der Waals surface area contributed by atoms with Crippen LogP contribution in [-0.4, -0.2) is 46.3 Å². The van der Waals surface area contributed by atoms with Gasteiger partial charge in [-0.05, 0) is 25.0 Å². The van der Waals surface area contributed by atoms with E-state index in [4.69, 9.17) is 5.11 Å². The van der Waals surface area contributed by atoms with Crippen molar-refractivity contribution in [3.63, 3.8) is 0 Å². The summed E-state index contributed by atoms with van der Waals surface area (Å²) >= 11 is 0. The van der Waals surface area contributed by atoms with Gasteiger partial charge in [-0.1, -0.05) is 12.1 Å². The van der Waals surface area contributed by atoms with Gasteiger partial charge in [0.1, 0.15) is 0 Å². The molecule has 6 heteroatoms. The molecule has 0 atom stereocenters. The van der Waals surface area contributed by atoms with Crippen LogP contribution in [0.15, 0.2) is 41.3 Å². The number of pyridine rings is 1. The maximum atomic E-state index is 11.9. The van der Waals surface area contributed by atoms with Gasteiger partial charge in [-0.3, -0.25) is 4.79 Å². The van der Waals surface area contributed by atoms with Crippen LogP contribution in [0, 0.1) is 0 Å². The molecule has 1 aromatic carbocycles. The molecule has 0 unspecified atom stereocenters. The molecule has 3 rings (SSSR count). The quantitative estimate of drug-likeness (QED) is 0.901. The summed E-state index contributed by atoms with van der Waals surface area (Å²) in [6, 6.07) is 9.34. The first-order valence-electron chi connectivity index (χ1n) is 7.93. The number of hydrogen-bond donors (Lipinski definition) is 2. The lowest BCUT2D eigenvalue weighted by Gasteiger charge is -2.32. The number of likely N-dealkylation sites (tertiary alicyclic amines) is 1. The second kappa shape index (κ2) is 6.83. The minimum atomic E-state index is -0.942. The van der Waals surface area contributed by atoms with Gasteiger partial charge in [0.25, 0.3) is 0 Å². The second-order valence-electron chi connectivity index (χ2n) is 5.96. The van der Waals surface area contributed by atoms with Gasteiger partial charge in [0.05, 0.1) is 5.52 Å². The zero-order valence-electron chi connectivity index (χ0n) is 12.9. The average molecular weight is 315 g/mol. The van der Waals surface area contributed by atoms with Crippen LogP contribution in [0.3, 0.4) is 0 Å². The van der Waals surface area contributed by atoms with E-state index in [-0.39, 0.29) is 11.5 Å². The van der Waals surface area contributed by atoms with Crippen LogP contribution in [0.4, 0.5) is 4.79 Å². The van der Waals surface area contributed by atoms with E-state index in [1.54, 1.807) is 6.07 Å². The topological polar surface area (TPSA) is 74.6 Å². The van der Waals surface area contributed by atoms with Crippen molar-refractivity contribution in [3.8, 4) is 0 Å². The van der Waals surface area contributed by atoms with Gasteiger partial charge in [0.15, 0.2) is 5.43 Å². The fourth-order valence-corrected chi connectivity index (χ4v) is 3.18. The molecule has 0 bridgehead atoms. The zero-order chi connectivity index (χ0) is 16.2. The largest absolute Gasteiger partial charge is 0.465 e. The fourth-order valence-electron chi connectivity index (χ4n) is 3.18. The Kier molecular flexibility index (Phi) is 4.62. The Balaban J connectivity index is 1.61. The van der Waals surface area contributed by atoms with Crippen molar-refractivity contribution >= 4 is 17.0 Å². The van der Waals surface area contributed by atoms with E-state index in [9.17, 15) is 9.59 Å². The van der Waals surface area contributed by atoms with Crippen molar-refractivity contribution in [1.29, 1.82) is 0 Å². The van der Waals surface area contributed by atoms with Crippen LogP contribution in [0.25, 0.3) is 10.9 Å². The molecular weight excluding hydrogens is 294 g/mol. The van der Waals surface area contributed by atoms with Crippen LogP contribution < -0.4 is 10.7 Å². The molecule has 1 amide bonds. The molecule has 122 valence electrons. The summed E-state index contributed by atoms with van der Waals surface area (Å²) in [7, 11) is 0. The predicted octanol–water partition coefficient (Wildman–Crippen LogP) is 1.73. The Morgan fingerprint density at radius 2 is 1.91 bits per heavy atom. The predicted molar refractivity (Wildman–Crippen MR) is 88.8 cm³/mol. The van der Waals surface area contributed by atoms with Gasteiger partial charge >= 0.3 is 6.09 Å². The highest BCUT2D eigenvalue weighted by atomic mass is 16.4.